The van der Waals surface area contributed by atoms with Crippen molar-refractivity contribution >= 4 is 5.91 Å². The van der Waals surface area contributed by atoms with Crippen LogP contribution in [0.15, 0.2) is 0 Å². The van der Waals surface area contributed by atoms with Crippen LogP contribution in [0.3, 0.4) is 0 Å². The molecule has 0 spiro atoms. The second kappa shape index (κ2) is 6.75. The van der Waals surface area contributed by atoms with Gasteiger partial charge in [-0.05, 0) is 39.9 Å². The van der Waals surface area contributed by atoms with Crippen LogP contribution in [-0.4, -0.2) is 58.8 Å². The van der Waals surface area contributed by atoms with Gasteiger partial charge in [0.2, 0.25) is 5.91 Å². The van der Waals surface area contributed by atoms with E-state index in [-0.39, 0.29) is 17.9 Å². The minimum absolute atomic E-state index is 0.0912. The third kappa shape index (κ3) is 3.30. The van der Waals surface area contributed by atoms with Crippen molar-refractivity contribution in [3.8, 4) is 0 Å². The fourth-order valence-electron chi connectivity index (χ4n) is 3.28. The first-order valence-corrected chi connectivity index (χ1v) is 8.26. The molecule has 22 heavy (non-hydrogen) atoms. The number of carbonyl (C=O) groups excluding carboxylic acids is 1. The van der Waals surface area contributed by atoms with E-state index >= 15 is 0 Å². The van der Waals surface area contributed by atoms with Gasteiger partial charge in [0.15, 0.2) is 5.82 Å². The molecule has 1 amide bonds. The van der Waals surface area contributed by atoms with Crippen LogP contribution in [0.2, 0.25) is 0 Å². The Morgan fingerprint density at radius 2 is 2.05 bits per heavy atom. The Hall–Kier alpha value is -1.47. The van der Waals surface area contributed by atoms with E-state index in [4.69, 9.17) is 0 Å². The number of amides is 1. The molecule has 2 aliphatic rings. The number of carbonyl (C=O) groups is 1. The first-order valence-electron chi connectivity index (χ1n) is 8.26. The Kier molecular flexibility index (Phi) is 4.73. The SMILES string of the molecule is C[C@@H](NC(=O)C1CCN(C)CC1)c1nnc2n1CCNCC2. The highest BCUT2D eigenvalue weighted by Gasteiger charge is 2.26. The van der Waals surface area contributed by atoms with Crippen LogP contribution in [0.4, 0.5) is 0 Å². The molecule has 7 heteroatoms. The van der Waals surface area contributed by atoms with Gasteiger partial charge in [0.1, 0.15) is 5.82 Å². The Morgan fingerprint density at radius 3 is 2.82 bits per heavy atom. The molecule has 1 aromatic rings. The fourth-order valence-corrected chi connectivity index (χ4v) is 3.28. The number of hydrogen-bond donors (Lipinski definition) is 2. The molecule has 2 N–H and O–H groups in total. The van der Waals surface area contributed by atoms with Gasteiger partial charge in [0.05, 0.1) is 6.04 Å². The monoisotopic (exact) mass is 306 g/mol. The number of nitrogens with zero attached hydrogens (tertiary/aromatic N) is 4. The van der Waals surface area contributed by atoms with Crippen LogP contribution in [0.5, 0.6) is 0 Å². The summed E-state index contributed by atoms with van der Waals surface area (Å²) in [4.78, 5) is 14.7. The molecule has 3 rings (SSSR count). The lowest BCUT2D eigenvalue weighted by atomic mass is 9.96. The van der Waals surface area contributed by atoms with E-state index in [1.807, 2.05) is 6.92 Å². The zero-order valence-electron chi connectivity index (χ0n) is 13.5. The van der Waals surface area contributed by atoms with Gasteiger partial charge in [0.25, 0.3) is 0 Å². The predicted octanol–water partition coefficient (Wildman–Crippen LogP) is -0.0572. The summed E-state index contributed by atoms with van der Waals surface area (Å²) in [6.45, 7) is 6.73. The van der Waals surface area contributed by atoms with Crippen LogP contribution >= 0.6 is 0 Å². The average Bonchev–Trinajstić information content (AvgIpc) is 2.77. The molecular formula is C15H26N6O. The summed E-state index contributed by atoms with van der Waals surface area (Å²) < 4.78 is 2.15. The highest BCUT2D eigenvalue weighted by molar-refractivity contribution is 5.79. The lowest BCUT2D eigenvalue weighted by Gasteiger charge is -2.29. The van der Waals surface area contributed by atoms with E-state index in [0.29, 0.717) is 0 Å². The Labute approximate surface area is 131 Å². The number of likely N-dealkylation sites (tertiary alicyclic amines) is 1. The fraction of sp³-hybridized carbons (Fsp3) is 0.800. The van der Waals surface area contributed by atoms with Gasteiger partial charge in [-0.15, -0.1) is 10.2 Å². The zero-order chi connectivity index (χ0) is 15.5. The minimum Gasteiger partial charge on any atom is -0.346 e. The molecule has 0 radical (unpaired) electrons. The number of hydrogen-bond acceptors (Lipinski definition) is 5. The third-order valence-electron chi connectivity index (χ3n) is 4.73. The summed E-state index contributed by atoms with van der Waals surface area (Å²) in [5.74, 6) is 2.18. The Balaban J connectivity index is 1.63. The van der Waals surface area contributed by atoms with Crippen molar-refractivity contribution in [3.05, 3.63) is 11.6 Å². The lowest BCUT2D eigenvalue weighted by Crippen LogP contribution is -2.40. The first kappa shape index (κ1) is 15.4. The topological polar surface area (TPSA) is 75.1 Å². The van der Waals surface area contributed by atoms with Crippen molar-refractivity contribution in [1.29, 1.82) is 0 Å². The molecule has 3 heterocycles. The van der Waals surface area contributed by atoms with E-state index < -0.39 is 0 Å². The predicted molar refractivity (Wildman–Crippen MR) is 83.4 cm³/mol. The van der Waals surface area contributed by atoms with Crippen molar-refractivity contribution < 1.29 is 4.79 Å². The average molecular weight is 306 g/mol. The van der Waals surface area contributed by atoms with E-state index in [2.05, 4.69) is 37.3 Å². The zero-order valence-corrected chi connectivity index (χ0v) is 13.5. The first-order chi connectivity index (χ1) is 10.6. The Morgan fingerprint density at radius 1 is 1.27 bits per heavy atom. The molecule has 1 saturated heterocycles. The standard InChI is InChI=1S/C15H26N6O/c1-11(17-15(22)12-4-8-20(2)9-5-12)14-19-18-13-3-6-16-7-10-21(13)14/h11-12,16H,3-10H2,1-2H3,(H,17,22)/t11-/m1/s1. The van der Waals surface area contributed by atoms with E-state index in [1.54, 1.807) is 0 Å². The molecule has 0 saturated carbocycles. The number of fused-ring (bicyclic) bond motifs is 1. The Bertz CT molecular complexity index is 520. The molecule has 1 aromatic heterocycles. The van der Waals surface area contributed by atoms with E-state index in [1.165, 1.54) is 0 Å². The molecule has 0 bridgehead atoms. The van der Waals surface area contributed by atoms with Crippen molar-refractivity contribution in [3.63, 3.8) is 0 Å². The number of aromatic nitrogens is 3. The molecular weight excluding hydrogens is 280 g/mol. The van der Waals surface area contributed by atoms with Gasteiger partial charge in [0, 0.05) is 32.0 Å². The van der Waals surface area contributed by atoms with Gasteiger partial charge in [-0.1, -0.05) is 0 Å². The van der Waals surface area contributed by atoms with Gasteiger partial charge >= 0.3 is 0 Å². The summed E-state index contributed by atoms with van der Waals surface area (Å²) in [5, 5.41) is 15.1. The highest BCUT2D eigenvalue weighted by Crippen LogP contribution is 2.19. The van der Waals surface area contributed by atoms with E-state index in [0.717, 1.165) is 63.6 Å². The van der Waals surface area contributed by atoms with Gasteiger partial charge in [-0.25, -0.2) is 0 Å². The molecule has 122 valence electrons. The molecule has 2 aliphatic heterocycles. The summed E-state index contributed by atoms with van der Waals surface area (Å²) in [7, 11) is 2.11. The maximum atomic E-state index is 12.4. The summed E-state index contributed by atoms with van der Waals surface area (Å²) in [5.41, 5.74) is 0. The third-order valence-corrected chi connectivity index (χ3v) is 4.73. The minimum atomic E-state index is -0.0912. The normalized spacial score (nSPS) is 21.9. The van der Waals surface area contributed by atoms with Gasteiger partial charge < -0.3 is 20.1 Å². The second-order valence-electron chi connectivity index (χ2n) is 6.43. The maximum Gasteiger partial charge on any atom is 0.223 e. The largest absolute Gasteiger partial charge is 0.346 e. The molecule has 0 unspecified atom stereocenters. The number of piperidine rings is 1. The number of nitrogens with one attached hydrogen (secondary N) is 2. The molecule has 1 fully saturated rings. The molecule has 7 nitrogen and oxygen atoms in total. The van der Waals surface area contributed by atoms with Crippen LogP contribution < -0.4 is 10.6 Å². The van der Waals surface area contributed by atoms with Crippen molar-refractivity contribution in [1.82, 2.24) is 30.3 Å². The summed E-state index contributed by atoms with van der Waals surface area (Å²) in [6, 6.07) is -0.0912. The molecule has 1 atom stereocenters. The van der Waals surface area contributed by atoms with Crippen molar-refractivity contribution in [2.75, 3.05) is 33.2 Å². The number of rotatable bonds is 3. The van der Waals surface area contributed by atoms with Gasteiger partial charge in [-0.2, -0.15) is 0 Å². The smallest absolute Gasteiger partial charge is 0.223 e. The van der Waals surface area contributed by atoms with Crippen LogP contribution in [-0.2, 0) is 17.8 Å². The quantitative estimate of drug-likeness (QED) is 0.818. The van der Waals surface area contributed by atoms with Crippen LogP contribution in [0, 0.1) is 5.92 Å². The lowest BCUT2D eigenvalue weighted by molar-refractivity contribution is -0.127. The van der Waals surface area contributed by atoms with E-state index in [9.17, 15) is 4.79 Å². The van der Waals surface area contributed by atoms with Crippen molar-refractivity contribution in [2.45, 2.75) is 38.8 Å². The summed E-state index contributed by atoms with van der Waals surface area (Å²) in [6.07, 6.45) is 2.77. The highest BCUT2D eigenvalue weighted by atomic mass is 16.2. The van der Waals surface area contributed by atoms with Gasteiger partial charge in [-0.3, -0.25) is 4.79 Å². The second-order valence-corrected chi connectivity index (χ2v) is 6.43. The van der Waals surface area contributed by atoms with Crippen LogP contribution in [0.1, 0.15) is 37.5 Å². The van der Waals surface area contributed by atoms with Crippen molar-refractivity contribution in [2.24, 2.45) is 5.92 Å². The van der Waals surface area contributed by atoms with Crippen LogP contribution in [0.25, 0.3) is 0 Å². The molecule has 0 aliphatic carbocycles. The molecule has 0 aromatic carbocycles. The summed E-state index contributed by atoms with van der Waals surface area (Å²) >= 11 is 0. The maximum absolute atomic E-state index is 12.4.